The average Bonchev–Trinajstić information content (AvgIpc) is 3.17. The molecular formula is C14H15N3O3. The zero-order valence-corrected chi connectivity index (χ0v) is 10.9. The molecule has 4 rings (SSSR count). The van der Waals surface area contributed by atoms with Crippen LogP contribution in [0.3, 0.4) is 0 Å². The molecule has 1 aromatic carbocycles. The Bertz CT molecular complexity index is 609. The summed E-state index contributed by atoms with van der Waals surface area (Å²) in [7, 11) is 0. The average molecular weight is 273 g/mol. The highest BCUT2D eigenvalue weighted by Crippen LogP contribution is 2.36. The molecule has 0 amide bonds. The second-order valence-electron chi connectivity index (χ2n) is 5.33. The maximum Gasteiger partial charge on any atom is 0.260 e. The molecule has 6 nitrogen and oxygen atoms in total. The molecular weight excluding hydrogens is 258 g/mol. The van der Waals surface area contributed by atoms with E-state index < -0.39 is 5.60 Å². The molecule has 6 heteroatoms. The number of fused-ring (bicyclic) bond motifs is 1. The highest BCUT2D eigenvalue weighted by molar-refractivity contribution is 5.37. The zero-order valence-electron chi connectivity index (χ0n) is 10.9. The largest absolute Gasteiger partial charge is 0.482 e. The van der Waals surface area contributed by atoms with E-state index in [-0.39, 0.29) is 12.0 Å². The van der Waals surface area contributed by atoms with E-state index in [0.717, 1.165) is 24.3 Å². The van der Waals surface area contributed by atoms with Gasteiger partial charge in [-0.25, -0.2) is 0 Å². The normalized spacial score (nSPS) is 28.4. The highest BCUT2D eigenvalue weighted by Gasteiger charge is 2.40. The van der Waals surface area contributed by atoms with Gasteiger partial charge in [0.1, 0.15) is 5.75 Å². The van der Waals surface area contributed by atoms with E-state index in [1.807, 2.05) is 24.3 Å². The number of rotatable bonds is 2. The Labute approximate surface area is 115 Å². The zero-order chi connectivity index (χ0) is 13.6. The van der Waals surface area contributed by atoms with Crippen LogP contribution < -0.4 is 10.1 Å². The van der Waals surface area contributed by atoms with Gasteiger partial charge in [0, 0.05) is 13.0 Å². The summed E-state index contributed by atoms with van der Waals surface area (Å²) in [4.78, 5) is 4.34. The van der Waals surface area contributed by atoms with E-state index in [9.17, 15) is 5.11 Å². The molecule has 2 aromatic rings. The molecule has 0 spiro atoms. The van der Waals surface area contributed by atoms with Crippen LogP contribution in [-0.4, -0.2) is 28.3 Å². The number of aliphatic hydroxyl groups is 1. The topological polar surface area (TPSA) is 80.4 Å². The Kier molecular flexibility index (Phi) is 2.55. The van der Waals surface area contributed by atoms with E-state index in [2.05, 4.69) is 15.5 Å². The third-order valence-electron chi connectivity index (χ3n) is 3.91. The van der Waals surface area contributed by atoms with Gasteiger partial charge in [-0.05, 0) is 24.6 Å². The Balaban J connectivity index is 1.58. The molecule has 0 bridgehead atoms. The van der Waals surface area contributed by atoms with Crippen molar-refractivity contribution in [1.29, 1.82) is 0 Å². The number of benzene rings is 1. The SMILES string of the molecule is OC1(c2nc(C3Cc4ccccc4O3)no2)CCNC1. The van der Waals surface area contributed by atoms with Gasteiger partial charge in [0.2, 0.25) is 5.82 Å². The second-order valence-corrected chi connectivity index (χ2v) is 5.33. The van der Waals surface area contributed by atoms with Gasteiger partial charge in [0.05, 0.1) is 0 Å². The molecule has 0 aliphatic carbocycles. The van der Waals surface area contributed by atoms with Gasteiger partial charge < -0.3 is 19.7 Å². The first-order valence-electron chi connectivity index (χ1n) is 6.76. The Hall–Kier alpha value is -1.92. The fraction of sp³-hybridized carbons (Fsp3) is 0.429. The van der Waals surface area contributed by atoms with Gasteiger partial charge in [0.25, 0.3) is 5.89 Å². The van der Waals surface area contributed by atoms with Crippen molar-refractivity contribution in [3.8, 4) is 5.75 Å². The molecule has 104 valence electrons. The lowest BCUT2D eigenvalue weighted by molar-refractivity contribution is 0.0242. The Morgan fingerprint density at radius 2 is 2.25 bits per heavy atom. The number of hydrogen-bond donors (Lipinski definition) is 2. The smallest absolute Gasteiger partial charge is 0.260 e. The lowest BCUT2D eigenvalue weighted by Crippen LogP contribution is -2.28. The summed E-state index contributed by atoms with van der Waals surface area (Å²) >= 11 is 0. The minimum atomic E-state index is -1.04. The fourth-order valence-electron chi connectivity index (χ4n) is 2.74. The quantitative estimate of drug-likeness (QED) is 0.847. The summed E-state index contributed by atoms with van der Waals surface area (Å²) in [6.07, 6.45) is 1.08. The highest BCUT2D eigenvalue weighted by atomic mass is 16.5. The Morgan fingerprint density at radius 1 is 1.35 bits per heavy atom. The first-order valence-corrected chi connectivity index (χ1v) is 6.76. The molecule has 2 unspecified atom stereocenters. The fourth-order valence-corrected chi connectivity index (χ4v) is 2.74. The molecule has 0 saturated carbocycles. The molecule has 0 radical (unpaired) electrons. The van der Waals surface area contributed by atoms with Crippen LogP contribution >= 0.6 is 0 Å². The van der Waals surface area contributed by atoms with Gasteiger partial charge in [0.15, 0.2) is 11.7 Å². The van der Waals surface area contributed by atoms with E-state index in [0.29, 0.717) is 18.8 Å². The van der Waals surface area contributed by atoms with E-state index in [1.54, 1.807) is 0 Å². The maximum atomic E-state index is 10.4. The summed E-state index contributed by atoms with van der Waals surface area (Å²) < 4.78 is 11.1. The predicted molar refractivity (Wildman–Crippen MR) is 69.2 cm³/mol. The van der Waals surface area contributed by atoms with Gasteiger partial charge in [-0.15, -0.1) is 0 Å². The number of hydrogen-bond acceptors (Lipinski definition) is 6. The molecule has 1 fully saturated rings. The predicted octanol–water partition coefficient (Wildman–Crippen LogP) is 0.927. The van der Waals surface area contributed by atoms with Crippen LogP contribution in [0.5, 0.6) is 5.75 Å². The lowest BCUT2D eigenvalue weighted by atomic mass is 10.0. The van der Waals surface area contributed by atoms with Crippen LogP contribution in [0.1, 0.15) is 29.8 Å². The molecule has 20 heavy (non-hydrogen) atoms. The molecule has 2 aliphatic heterocycles. The molecule has 1 aromatic heterocycles. The maximum absolute atomic E-state index is 10.4. The number of aromatic nitrogens is 2. The van der Waals surface area contributed by atoms with Crippen LogP contribution in [0.2, 0.25) is 0 Å². The third-order valence-corrected chi connectivity index (χ3v) is 3.91. The molecule has 1 saturated heterocycles. The van der Waals surface area contributed by atoms with Gasteiger partial charge in [-0.3, -0.25) is 0 Å². The van der Waals surface area contributed by atoms with Crippen LogP contribution in [0.15, 0.2) is 28.8 Å². The first-order chi connectivity index (χ1) is 9.74. The third kappa shape index (κ3) is 1.80. The molecule has 2 N–H and O–H groups in total. The van der Waals surface area contributed by atoms with Crippen LogP contribution in [0.25, 0.3) is 0 Å². The van der Waals surface area contributed by atoms with Crippen LogP contribution in [0, 0.1) is 0 Å². The van der Waals surface area contributed by atoms with Gasteiger partial charge in [-0.1, -0.05) is 23.4 Å². The van der Waals surface area contributed by atoms with Crippen molar-refractivity contribution in [3.63, 3.8) is 0 Å². The number of nitrogens with zero attached hydrogens (tertiary/aromatic N) is 2. The number of ether oxygens (including phenoxy) is 1. The standard InChI is InChI=1S/C14H15N3O3/c18-14(5-6-15-8-14)13-16-12(17-20-13)11-7-9-3-1-2-4-10(9)19-11/h1-4,11,15,18H,5-8H2. The van der Waals surface area contributed by atoms with Crippen molar-refractivity contribution in [1.82, 2.24) is 15.5 Å². The second kappa shape index (κ2) is 4.29. The van der Waals surface area contributed by atoms with Crippen molar-refractivity contribution >= 4 is 0 Å². The molecule has 2 aliphatic rings. The lowest BCUT2D eigenvalue weighted by Gasteiger charge is -2.14. The van der Waals surface area contributed by atoms with Crippen LogP contribution in [-0.2, 0) is 12.0 Å². The summed E-state index contributed by atoms with van der Waals surface area (Å²) in [5.74, 6) is 1.64. The van der Waals surface area contributed by atoms with Gasteiger partial charge in [-0.2, -0.15) is 4.98 Å². The number of β-amino-alcohol motifs (C(OH)–C–C–N with tert-alkyl or cyclic N) is 1. The van der Waals surface area contributed by atoms with Crippen molar-refractivity contribution in [3.05, 3.63) is 41.5 Å². The first kappa shape index (κ1) is 11.9. The van der Waals surface area contributed by atoms with E-state index in [1.165, 1.54) is 0 Å². The summed E-state index contributed by atoms with van der Waals surface area (Å²) in [6.45, 7) is 1.19. The molecule has 3 heterocycles. The van der Waals surface area contributed by atoms with Crippen molar-refractivity contribution in [2.75, 3.05) is 13.1 Å². The van der Waals surface area contributed by atoms with Crippen molar-refractivity contribution < 1.29 is 14.4 Å². The van der Waals surface area contributed by atoms with Crippen molar-refractivity contribution in [2.45, 2.75) is 24.5 Å². The monoisotopic (exact) mass is 273 g/mol. The minimum Gasteiger partial charge on any atom is -0.482 e. The van der Waals surface area contributed by atoms with Crippen LogP contribution in [0.4, 0.5) is 0 Å². The summed E-state index contributed by atoms with van der Waals surface area (Å²) in [5, 5.41) is 17.5. The summed E-state index contributed by atoms with van der Waals surface area (Å²) in [6, 6.07) is 7.89. The minimum absolute atomic E-state index is 0.233. The van der Waals surface area contributed by atoms with E-state index in [4.69, 9.17) is 9.26 Å². The van der Waals surface area contributed by atoms with Crippen molar-refractivity contribution in [2.24, 2.45) is 0 Å². The summed E-state index contributed by atoms with van der Waals surface area (Å²) in [5.41, 5.74) is 0.0987. The Morgan fingerprint density at radius 3 is 3.05 bits per heavy atom. The number of para-hydroxylation sites is 1. The van der Waals surface area contributed by atoms with E-state index >= 15 is 0 Å². The van der Waals surface area contributed by atoms with Gasteiger partial charge >= 0.3 is 0 Å². The number of nitrogens with one attached hydrogen (secondary N) is 1. The molecule has 2 atom stereocenters.